The fourth-order valence-electron chi connectivity index (χ4n) is 1.07. The van der Waals surface area contributed by atoms with E-state index in [1.54, 1.807) is 6.92 Å². The molecule has 0 heterocycles. The van der Waals surface area contributed by atoms with Crippen LogP contribution in [0.25, 0.3) is 6.08 Å². The van der Waals surface area contributed by atoms with E-state index in [-0.39, 0.29) is 17.9 Å². The number of anilines is 1. The summed E-state index contributed by atoms with van der Waals surface area (Å²) in [7, 11) is 0. The number of hydrogen-bond donors (Lipinski definition) is 1. The first-order valence-electron chi connectivity index (χ1n) is 4.64. The van der Waals surface area contributed by atoms with Gasteiger partial charge in [-0.2, -0.15) is 0 Å². The Kier molecular flexibility index (Phi) is 3.99. The molecule has 0 unspecified atom stereocenters. The highest BCUT2D eigenvalue weighted by Crippen LogP contribution is 2.18. The van der Waals surface area contributed by atoms with Gasteiger partial charge in [0.15, 0.2) is 11.6 Å². The predicted octanol–water partition coefficient (Wildman–Crippen LogP) is 2.12. The normalized spacial score (nSPS) is 10.7. The van der Waals surface area contributed by atoms with Gasteiger partial charge in [0.1, 0.15) is 0 Å². The summed E-state index contributed by atoms with van der Waals surface area (Å²) in [5.41, 5.74) is 5.72. The highest BCUT2D eigenvalue weighted by Gasteiger charge is 2.05. The molecule has 3 nitrogen and oxygen atoms in total. The van der Waals surface area contributed by atoms with Crippen LogP contribution in [0.3, 0.4) is 0 Å². The number of hydrogen-bond acceptors (Lipinski definition) is 3. The van der Waals surface area contributed by atoms with Crippen LogP contribution in [0.5, 0.6) is 0 Å². The molecule has 2 N–H and O–H groups in total. The molecule has 16 heavy (non-hydrogen) atoms. The van der Waals surface area contributed by atoms with Crippen LogP contribution in [0.4, 0.5) is 14.5 Å². The fraction of sp³-hybridized carbons (Fsp3) is 0.182. The molecule has 0 saturated carbocycles. The number of carbonyl (C=O) groups is 1. The van der Waals surface area contributed by atoms with E-state index in [1.807, 2.05) is 0 Å². The SMILES string of the molecule is CCOC(=O)C=Cc1cc(F)c(F)cc1N. The van der Waals surface area contributed by atoms with Gasteiger partial charge in [0.25, 0.3) is 0 Å². The van der Waals surface area contributed by atoms with Crippen LogP contribution in [0.1, 0.15) is 12.5 Å². The van der Waals surface area contributed by atoms with E-state index in [4.69, 9.17) is 5.73 Å². The van der Waals surface area contributed by atoms with E-state index in [9.17, 15) is 13.6 Å². The Balaban J connectivity index is 2.89. The third-order valence-corrected chi connectivity index (χ3v) is 1.81. The molecule has 0 amide bonds. The standard InChI is InChI=1S/C11H11F2NO2/c1-2-16-11(15)4-3-7-5-8(12)9(13)6-10(7)14/h3-6H,2,14H2,1H3. The maximum atomic E-state index is 12.9. The summed E-state index contributed by atoms with van der Waals surface area (Å²) in [6.45, 7) is 1.91. The lowest BCUT2D eigenvalue weighted by Gasteiger charge is -2.01. The van der Waals surface area contributed by atoms with Gasteiger partial charge in [-0.15, -0.1) is 0 Å². The summed E-state index contributed by atoms with van der Waals surface area (Å²) in [5.74, 6) is -2.60. The summed E-state index contributed by atoms with van der Waals surface area (Å²) >= 11 is 0. The van der Waals surface area contributed by atoms with Crippen LogP contribution in [0.15, 0.2) is 18.2 Å². The van der Waals surface area contributed by atoms with Crippen molar-refractivity contribution in [3.8, 4) is 0 Å². The second kappa shape index (κ2) is 5.25. The quantitative estimate of drug-likeness (QED) is 0.489. The minimum atomic E-state index is -1.02. The van der Waals surface area contributed by atoms with Crippen molar-refractivity contribution in [3.63, 3.8) is 0 Å². The van der Waals surface area contributed by atoms with Gasteiger partial charge in [0.2, 0.25) is 0 Å². The number of esters is 1. The lowest BCUT2D eigenvalue weighted by molar-refractivity contribution is -0.137. The van der Waals surface area contributed by atoms with Crippen molar-refractivity contribution in [3.05, 3.63) is 35.4 Å². The fourth-order valence-corrected chi connectivity index (χ4v) is 1.07. The molecule has 1 aromatic carbocycles. The van der Waals surface area contributed by atoms with E-state index in [0.717, 1.165) is 18.2 Å². The Morgan fingerprint density at radius 2 is 2.06 bits per heavy atom. The van der Waals surface area contributed by atoms with Crippen molar-refractivity contribution in [2.24, 2.45) is 0 Å². The molecule has 0 atom stereocenters. The van der Waals surface area contributed by atoms with Crippen LogP contribution >= 0.6 is 0 Å². The summed E-state index contributed by atoms with van der Waals surface area (Å²) < 4.78 is 30.2. The largest absolute Gasteiger partial charge is 0.463 e. The molecule has 0 aliphatic carbocycles. The van der Waals surface area contributed by atoms with Gasteiger partial charge < -0.3 is 10.5 Å². The molecule has 0 fully saturated rings. The van der Waals surface area contributed by atoms with Crippen LogP contribution in [-0.4, -0.2) is 12.6 Å². The molecular weight excluding hydrogens is 216 g/mol. The second-order valence-corrected chi connectivity index (χ2v) is 2.98. The molecule has 1 aromatic rings. The summed E-state index contributed by atoms with van der Waals surface area (Å²) in [6, 6.07) is 1.78. The Labute approximate surface area is 91.5 Å². The number of rotatable bonds is 3. The third-order valence-electron chi connectivity index (χ3n) is 1.81. The highest BCUT2D eigenvalue weighted by atomic mass is 19.2. The first-order valence-corrected chi connectivity index (χ1v) is 4.64. The van der Waals surface area contributed by atoms with Crippen molar-refractivity contribution in [2.75, 3.05) is 12.3 Å². The monoisotopic (exact) mass is 227 g/mol. The van der Waals surface area contributed by atoms with Crippen molar-refractivity contribution < 1.29 is 18.3 Å². The Bertz CT molecular complexity index is 430. The molecular formula is C11H11F2NO2. The first kappa shape index (κ1) is 12.2. The van der Waals surface area contributed by atoms with Crippen molar-refractivity contribution in [1.82, 2.24) is 0 Å². The van der Waals surface area contributed by atoms with Crippen LogP contribution < -0.4 is 5.73 Å². The number of carbonyl (C=O) groups excluding carboxylic acids is 1. The predicted molar refractivity (Wildman–Crippen MR) is 56.4 cm³/mol. The van der Waals surface area contributed by atoms with E-state index in [1.165, 1.54) is 6.08 Å². The molecule has 5 heteroatoms. The number of halogens is 2. The van der Waals surface area contributed by atoms with Gasteiger partial charge in [-0.05, 0) is 19.1 Å². The maximum Gasteiger partial charge on any atom is 0.330 e. The Morgan fingerprint density at radius 3 is 2.69 bits per heavy atom. The van der Waals surface area contributed by atoms with Gasteiger partial charge >= 0.3 is 5.97 Å². The van der Waals surface area contributed by atoms with Gasteiger partial charge in [0.05, 0.1) is 6.61 Å². The van der Waals surface area contributed by atoms with E-state index in [0.29, 0.717) is 0 Å². The topological polar surface area (TPSA) is 52.3 Å². The molecule has 0 aliphatic rings. The van der Waals surface area contributed by atoms with Crippen LogP contribution in [0, 0.1) is 11.6 Å². The number of benzene rings is 1. The molecule has 1 rings (SSSR count). The summed E-state index contributed by atoms with van der Waals surface area (Å²) in [6.07, 6.45) is 2.38. The van der Waals surface area contributed by atoms with Crippen molar-refractivity contribution in [1.29, 1.82) is 0 Å². The van der Waals surface area contributed by atoms with Gasteiger partial charge in [-0.3, -0.25) is 0 Å². The number of nitrogen functional groups attached to an aromatic ring is 1. The van der Waals surface area contributed by atoms with E-state index in [2.05, 4.69) is 4.74 Å². The van der Waals surface area contributed by atoms with Gasteiger partial charge in [-0.25, -0.2) is 13.6 Å². The molecule has 0 aliphatic heterocycles. The smallest absolute Gasteiger partial charge is 0.330 e. The molecule has 0 spiro atoms. The van der Waals surface area contributed by atoms with Crippen molar-refractivity contribution >= 4 is 17.7 Å². The highest BCUT2D eigenvalue weighted by molar-refractivity contribution is 5.88. The number of nitrogens with two attached hydrogens (primary N) is 1. The minimum Gasteiger partial charge on any atom is -0.463 e. The molecule has 0 aromatic heterocycles. The summed E-state index contributed by atoms with van der Waals surface area (Å²) in [4.78, 5) is 11.0. The first-order chi connectivity index (χ1) is 7.54. The Morgan fingerprint density at radius 1 is 1.44 bits per heavy atom. The third kappa shape index (κ3) is 3.05. The zero-order chi connectivity index (χ0) is 12.1. The summed E-state index contributed by atoms with van der Waals surface area (Å²) in [5, 5.41) is 0. The molecule has 0 radical (unpaired) electrons. The molecule has 0 bridgehead atoms. The van der Waals surface area contributed by atoms with Crippen LogP contribution in [0.2, 0.25) is 0 Å². The average molecular weight is 227 g/mol. The van der Waals surface area contributed by atoms with E-state index < -0.39 is 17.6 Å². The zero-order valence-electron chi connectivity index (χ0n) is 8.67. The van der Waals surface area contributed by atoms with Gasteiger partial charge in [0, 0.05) is 23.4 Å². The number of ether oxygens (including phenoxy) is 1. The minimum absolute atomic E-state index is 0.0550. The Hall–Kier alpha value is -1.91. The lowest BCUT2D eigenvalue weighted by Crippen LogP contribution is -1.99. The maximum absolute atomic E-state index is 12.9. The lowest BCUT2D eigenvalue weighted by atomic mass is 10.1. The second-order valence-electron chi connectivity index (χ2n) is 2.98. The van der Waals surface area contributed by atoms with Gasteiger partial charge in [-0.1, -0.05) is 0 Å². The zero-order valence-corrected chi connectivity index (χ0v) is 8.67. The molecule has 86 valence electrons. The van der Waals surface area contributed by atoms with E-state index >= 15 is 0 Å². The van der Waals surface area contributed by atoms with Crippen molar-refractivity contribution in [2.45, 2.75) is 6.92 Å². The average Bonchev–Trinajstić information content (AvgIpc) is 2.22. The molecule has 0 saturated heterocycles. The van der Waals surface area contributed by atoms with Crippen LogP contribution in [-0.2, 0) is 9.53 Å².